The number of halogens is 2. The molecule has 0 bridgehead atoms. The van der Waals surface area contributed by atoms with E-state index in [0.717, 1.165) is 0 Å². The van der Waals surface area contributed by atoms with Gasteiger partial charge in [-0.2, -0.15) is 0 Å². The van der Waals surface area contributed by atoms with Gasteiger partial charge in [-0.15, -0.1) is 0 Å². The molecule has 0 amide bonds. The predicted octanol–water partition coefficient (Wildman–Crippen LogP) is 3.26. The van der Waals surface area contributed by atoms with Gasteiger partial charge in [0.05, 0.1) is 17.7 Å². The smallest absolute Gasteiger partial charge is 0.337 e. The normalized spacial score (nSPS) is 11.3. The van der Waals surface area contributed by atoms with Gasteiger partial charge in [-0.25, -0.2) is 17.9 Å². The highest BCUT2D eigenvalue weighted by atomic mass is 35.5. The van der Waals surface area contributed by atoms with Crippen molar-refractivity contribution in [2.24, 2.45) is 0 Å². The van der Waals surface area contributed by atoms with E-state index >= 15 is 0 Å². The van der Waals surface area contributed by atoms with E-state index < -0.39 is 16.0 Å². The zero-order valence-corrected chi connectivity index (χ0v) is 14.4. The SMILES string of the molecule is COC(=O)c1ccc(CNS(=O)(=O)c2cc(Cl)ccc2Cl)cc1. The van der Waals surface area contributed by atoms with Crippen molar-refractivity contribution in [2.45, 2.75) is 11.4 Å². The molecule has 0 aliphatic rings. The molecule has 0 aliphatic heterocycles. The van der Waals surface area contributed by atoms with Crippen molar-refractivity contribution in [3.8, 4) is 0 Å². The minimum atomic E-state index is -3.80. The molecule has 0 aromatic heterocycles. The predicted molar refractivity (Wildman–Crippen MR) is 88.3 cm³/mol. The van der Waals surface area contributed by atoms with E-state index in [1.54, 1.807) is 24.3 Å². The Hall–Kier alpha value is -1.60. The number of esters is 1. The van der Waals surface area contributed by atoms with Crippen LogP contribution in [0.2, 0.25) is 10.0 Å². The third kappa shape index (κ3) is 4.45. The van der Waals surface area contributed by atoms with E-state index in [0.29, 0.717) is 11.1 Å². The zero-order chi connectivity index (χ0) is 17.0. The molecular weight excluding hydrogens is 361 g/mol. The largest absolute Gasteiger partial charge is 0.465 e. The fraction of sp³-hybridized carbons (Fsp3) is 0.133. The highest BCUT2D eigenvalue weighted by molar-refractivity contribution is 7.89. The van der Waals surface area contributed by atoms with E-state index in [1.807, 2.05) is 0 Å². The number of benzene rings is 2. The van der Waals surface area contributed by atoms with Gasteiger partial charge in [-0.3, -0.25) is 0 Å². The molecule has 0 atom stereocenters. The first kappa shape index (κ1) is 17.7. The Morgan fingerprint density at radius 3 is 2.39 bits per heavy atom. The molecule has 1 N–H and O–H groups in total. The molecule has 0 aliphatic carbocycles. The lowest BCUT2D eigenvalue weighted by Gasteiger charge is -2.09. The summed E-state index contributed by atoms with van der Waals surface area (Å²) in [4.78, 5) is 11.3. The molecule has 23 heavy (non-hydrogen) atoms. The van der Waals surface area contributed by atoms with Gasteiger partial charge in [0.25, 0.3) is 0 Å². The molecule has 2 aromatic carbocycles. The van der Waals surface area contributed by atoms with Crippen LogP contribution in [-0.4, -0.2) is 21.5 Å². The van der Waals surface area contributed by atoms with Crippen LogP contribution in [0.5, 0.6) is 0 Å². The van der Waals surface area contributed by atoms with Crippen LogP contribution in [0, 0.1) is 0 Å². The van der Waals surface area contributed by atoms with Gasteiger partial charge in [0, 0.05) is 11.6 Å². The highest BCUT2D eigenvalue weighted by Crippen LogP contribution is 2.24. The molecule has 5 nitrogen and oxygen atoms in total. The maximum atomic E-state index is 12.3. The molecule has 0 spiro atoms. The van der Waals surface area contributed by atoms with Crippen molar-refractivity contribution in [3.63, 3.8) is 0 Å². The van der Waals surface area contributed by atoms with Crippen molar-refractivity contribution in [3.05, 3.63) is 63.6 Å². The second-order valence-electron chi connectivity index (χ2n) is 4.59. The number of carbonyl (C=O) groups excluding carboxylic acids is 1. The molecular formula is C15H13Cl2NO4S. The number of sulfonamides is 1. The number of hydrogen-bond donors (Lipinski definition) is 1. The molecule has 0 heterocycles. The lowest BCUT2D eigenvalue weighted by atomic mass is 10.1. The van der Waals surface area contributed by atoms with Gasteiger partial charge in [0.15, 0.2) is 0 Å². The Morgan fingerprint density at radius 2 is 1.78 bits per heavy atom. The zero-order valence-electron chi connectivity index (χ0n) is 12.0. The third-order valence-electron chi connectivity index (χ3n) is 3.02. The van der Waals surface area contributed by atoms with Gasteiger partial charge >= 0.3 is 5.97 Å². The van der Waals surface area contributed by atoms with Crippen molar-refractivity contribution < 1.29 is 17.9 Å². The summed E-state index contributed by atoms with van der Waals surface area (Å²) >= 11 is 11.7. The van der Waals surface area contributed by atoms with E-state index in [9.17, 15) is 13.2 Å². The van der Waals surface area contributed by atoms with Gasteiger partial charge in [-0.05, 0) is 35.9 Å². The van der Waals surface area contributed by atoms with E-state index in [4.69, 9.17) is 23.2 Å². The molecule has 2 aromatic rings. The first-order valence-electron chi connectivity index (χ1n) is 6.45. The minimum Gasteiger partial charge on any atom is -0.465 e. The summed E-state index contributed by atoms with van der Waals surface area (Å²) in [6.07, 6.45) is 0. The Kier molecular flexibility index (Phi) is 5.64. The standard InChI is InChI=1S/C15H13Cl2NO4S/c1-22-15(19)11-4-2-10(3-5-11)9-18-23(20,21)14-8-12(16)6-7-13(14)17/h2-8,18H,9H2,1H3. The van der Waals surface area contributed by atoms with Gasteiger partial charge in [-0.1, -0.05) is 35.3 Å². The molecule has 0 saturated heterocycles. The molecule has 0 radical (unpaired) electrons. The quantitative estimate of drug-likeness (QED) is 0.816. The maximum absolute atomic E-state index is 12.3. The number of ether oxygens (including phenoxy) is 1. The minimum absolute atomic E-state index is 0.0482. The number of hydrogen-bond acceptors (Lipinski definition) is 4. The van der Waals surface area contributed by atoms with Crippen LogP contribution in [0.1, 0.15) is 15.9 Å². The number of methoxy groups -OCH3 is 1. The summed E-state index contributed by atoms with van der Waals surface area (Å²) < 4.78 is 31.6. The lowest BCUT2D eigenvalue weighted by Crippen LogP contribution is -2.23. The van der Waals surface area contributed by atoms with Crippen LogP contribution in [0.25, 0.3) is 0 Å². The number of nitrogens with one attached hydrogen (secondary N) is 1. The Balaban J connectivity index is 2.13. The van der Waals surface area contributed by atoms with Gasteiger partial charge < -0.3 is 4.74 Å². The summed E-state index contributed by atoms with van der Waals surface area (Å²) in [6, 6.07) is 10.6. The van der Waals surface area contributed by atoms with E-state index in [2.05, 4.69) is 9.46 Å². The monoisotopic (exact) mass is 373 g/mol. The molecule has 0 saturated carbocycles. The molecule has 0 unspecified atom stereocenters. The summed E-state index contributed by atoms with van der Waals surface area (Å²) in [5, 5.41) is 0.361. The fourth-order valence-electron chi connectivity index (χ4n) is 1.82. The Labute approximate surface area is 144 Å². The van der Waals surface area contributed by atoms with Crippen LogP contribution in [0.15, 0.2) is 47.4 Å². The average molecular weight is 374 g/mol. The second kappa shape index (κ2) is 7.31. The first-order valence-corrected chi connectivity index (χ1v) is 8.69. The van der Waals surface area contributed by atoms with Crippen molar-refractivity contribution in [1.82, 2.24) is 4.72 Å². The van der Waals surface area contributed by atoms with Crippen LogP contribution < -0.4 is 4.72 Å². The number of carbonyl (C=O) groups is 1. The second-order valence-corrected chi connectivity index (χ2v) is 7.17. The van der Waals surface area contributed by atoms with Crippen LogP contribution in [-0.2, 0) is 21.3 Å². The highest BCUT2D eigenvalue weighted by Gasteiger charge is 2.18. The molecule has 2 rings (SSSR count). The molecule has 122 valence electrons. The molecule has 8 heteroatoms. The van der Waals surface area contributed by atoms with Gasteiger partial charge in [0.1, 0.15) is 4.90 Å². The fourth-order valence-corrected chi connectivity index (χ4v) is 3.59. The van der Waals surface area contributed by atoms with Crippen molar-refractivity contribution in [1.29, 1.82) is 0 Å². The summed E-state index contributed by atoms with van der Waals surface area (Å²) in [5.41, 5.74) is 1.07. The van der Waals surface area contributed by atoms with Gasteiger partial charge in [0.2, 0.25) is 10.0 Å². The van der Waals surface area contributed by atoms with E-state index in [1.165, 1.54) is 25.3 Å². The van der Waals surface area contributed by atoms with Crippen LogP contribution in [0.4, 0.5) is 0 Å². The molecule has 0 fully saturated rings. The Bertz CT molecular complexity index is 820. The third-order valence-corrected chi connectivity index (χ3v) is 5.14. The van der Waals surface area contributed by atoms with E-state index in [-0.39, 0.29) is 21.5 Å². The summed E-state index contributed by atoms with van der Waals surface area (Å²) in [5.74, 6) is -0.456. The Morgan fingerprint density at radius 1 is 1.13 bits per heavy atom. The van der Waals surface area contributed by atoms with Crippen LogP contribution in [0.3, 0.4) is 0 Å². The van der Waals surface area contributed by atoms with Crippen molar-refractivity contribution in [2.75, 3.05) is 7.11 Å². The summed E-state index contributed by atoms with van der Waals surface area (Å²) in [7, 11) is -2.51. The lowest BCUT2D eigenvalue weighted by molar-refractivity contribution is 0.0600. The summed E-state index contributed by atoms with van der Waals surface area (Å²) in [6.45, 7) is 0.0482. The van der Waals surface area contributed by atoms with Crippen LogP contribution >= 0.6 is 23.2 Å². The topological polar surface area (TPSA) is 72.5 Å². The van der Waals surface area contributed by atoms with Crippen molar-refractivity contribution >= 4 is 39.2 Å². The first-order chi connectivity index (χ1) is 10.8. The average Bonchev–Trinajstić information content (AvgIpc) is 2.55. The number of rotatable bonds is 5. The maximum Gasteiger partial charge on any atom is 0.337 e.